The maximum atomic E-state index is 11.6. The average molecular weight is 245 g/mol. The first-order valence-corrected chi connectivity index (χ1v) is 5.92. The van der Waals surface area contributed by atoms with E-state index in [-0.39, 0.29) is 11.9 Å². The van der Waals surface area contributed by atoms with Gasteiger partial charge in [-0.3, -0.25) is 4.79 Å². The Morgan fingerprint density at radius 1 is 1.75 bits per heavy atom. The van der Waals surface area contributed by atoms with Gasteiger partial charge in [0.15, 0.2) is 5.11 Å². The van der Waals surface area contributed by atoms with E-state index >= 15 is 0 Å². The van der Waals surface area contributed by atoms with Gasteiger partial charge in [0.05, 0.1) is 6.61 Å². The largest absolute Gasteiger partial charge is 0.383 e. The molecule has 1 heterocycles. The molecular formula is C10H19N3O2S. The van der Waals surface area contributed by atoms with Crippen molar-refractivity contribution in [1.29, 1.82) is 0 Å². The molecule has 1 fully saturated rings. The molecule has 0 aromatic heterocycles. The lowest BCUT2D eigenvalue weighted by molar-refractivity contribution is -0.127. The van der Waals surface area contributed by atoms with E-state index in [1.54, 1.807) is 7.11 Å². The number of piperazine rings is 1. The van der Waals surface area contributed by atoms with E-state index in [1.165, 1.54) is 0 Å². The third-order valence-electron chi connectivity index (χ3n) is 2.56. The van der Waals surface area contributed by atoms with Crippen LogP contribution in [0.2, 0.25) is 0 Å². The molecule has 0 aromatic rings. The minimum Gasteiger partial charge on any atom is -0.383 e. The van der Waals surface area contributed by atoms with Crippen molar-refractivity contribution in [2.75, 3.05) is 33.4 Å². The molecule has 1 saturated heterocycles. The Morgan fingerprint density at radius 3 is 3.12 bits per heavy atom. The van der Waals surface area contributed by atoms with Gasteiger partial charge < -0.3 is 20.3 Å². The van der Waals surface area contributed by atoms with Crippen LogP contribution >= 0.6 is 12.2 Å². The molecule has 1 aliphatic heterocycles. The fourth-order valence-electron chi connectivity index (χ4n) is 1.73. The molecule has 1 aliphatic rings. The van der Waals surface area contributed by atoms with Gasteiger partial charge in [0, 0.05) is 26.7 Å². The van der Waals surface area contributed by atoms with Gasteiger partial charge in [0.2, 0.25) is 5.91 Å². The maximum absolute atomic E-state index is 11.6. The van der Waals surface area contributed by atoms with E-state index in [4.69, 9.17) is 17.0 Å². The summed E-state index contributed by atoms with van der Waals surface area (Å²) in [6, 6.07) is -0.142. The molecule has 0 saturated carbocycles. The molecule has 92 valence electrons. The minimum absolute atomic E-state index is 0.0599. The second-order valence-electron chi connectivity index (χ2n) is 3.63. The normalized spacial score (nSPS) is 20.5. The predicted octanol–water partition coefficient (Wildman–Crippen LogP) is -0.282. The zero-order valence-electron chi connectivity index (χ0n) is 9.78. The summed E-state index contributed by atoms with van der Waals surface area (Å²) in [4.78, 5) is 13.6. The van der Waals surface area contributed by atoms with Gasteiger partial charge in [-0.25, -0.2) is 0 Å². The lowest BCUT2D eigenvalue weighted by atomic mass is 10.1. The Morgan fingerprint density at radius 2 is 2.50 bits per heavy atom. The number of methoxy groups -OCH3 is 1. The second-order valence-corrected chi connectivity index (χ2v) is 4.02. The SMILES string of the molecule is CCC1C(=O)NCCN1C(=S)NCCOC. The van der Waals surface area contributed by atoms with Gasteiger partial charge in [-0.15, -0.1) is 0 Å². The molecular weight excluding hydrogens is 226 g/mol. The number of nitrogens with zero attached hydrogens (tertiary/aromatic N) is 1. The van der Waals surface area contributed by atoms with Gasteiger partial charge >= 0.3 is 0 Å². The lowest BCUT2D eigenvalue weighted by Crippen LogP contribution is -2.59. The van der Waals surface area contributed by atoms with Crippen molar-refractivity contribution in [3.63, 3.8) is 0 Å². The van der Waals surface area contributed by atoms with Crippen molar-refractivity contribution in [3.8, 4) is 0 Å². The lowest BCUT2D eigenvalue weighted by Gasteiger charge is -2.36. The monoisotopic (exact) mass is 245 g/mol. The van der Waals surface area contributed by atoms with Crippen LogP contribution in [0.3, 0.4) is 0 Å². The number of carbonyl (C=O) groups is 1. The average Bonchev–Trinajstić information content (AvgIpc) is 2.29. The highest BCUT2D eigenvalue weighted by Gasteiger charge is 2.29. The molecule has 16 heavy (non-hydrogen) atoms. The molecule has 0 aliphatic carbocycles. The van der Waals surface area contributed by atoms with Crippen LogP contribution in [0.4, 0.5) is 0 Å². The third kappa shape index (κ3) is 3.31. The number of amides is 1. The summed E-state index contributed by atoms with van der Waals surface area (Å²) < 4.78 is 4.93. The minimum atomic E-state index is -0.142. The van der Waals surface area contributed by atoms with E-state index in [1.807, 2.05) is 11.8 Å². The van der Waals surface area contributed by atoms with Crippen LogP contribution in [0.15, 0.2) is 0 Å². The van der Waals surface area contributed by atoms with Gasteiger partial charge in [-0.1, -0.05) is 6.92 Å². The van der Waals surface area contributed by atoms with Crippen molar-refractivity contribution in [3.05, 3.63) is 0 Å². The van der Waals surface area contributed by atoms with E-state index in [0.717, 1.165) is 13.0 Å². The molecule has 6 heteroatoms. The smallest absolute Gasteiger partial charge is 0.242 e. The van der Waals surface area contributed by atoms with Crippen LogP contribution in [-0.4, -0.2) is 55.3 Å². The Balaban J connectivity index is 2.48. The van der Waals surface area contributed by atoms with Gasteiger partial charge in [0.25, 0.3) is 0 Å². The fourth-order valence-corrected chi connectivity index (χ4v) is 2.05. The van der Waals surface area contributed by atoms with E-state index in [9.17, 15) is 4.79 Å². The number of nitrogens with one attached hydrogen (secondary N) is 2. The topological polar surface area (TPSA) is 53.6 Å². The van der Waals surface area contributed by atoms with Crippen molar-refractivity contribution in [2.45, 2.75) is 19.4 Å². The number of hydrogen-bond acceptors (Lipinski definition) is 3. The fraction of sp³-hybridized carbons (Fsp3) is 0.800. The Labute approximate surface area is 102 Å². The quantitative estimate of drug-likeness (QED) is 0.527. The van der Waals surface area contributed by atoms with Crippen LogP contribution in [0.5, 0.6) is 0 Å². The number of hydrogen-bond donors (Lipinski definition) is 2. The summed E-state index contributed by atoms with van der Waals surface area (Å²) in [5, 5.41) is 6.57. The molecule has 2 N–H and O–H groups in total. The summed E-state index contributed by atoms with van der Waals surface area (Å²) in [5.74, 6) is 0.0599. The van der Waals surface area contributed by atoms with E-state index in [0.29, 0.717) is 24.8 Å². The molecule has 1 amide bonds. The standard InChI is InChI=1S/C10H19N3O2S/c1-3-8-9(14)11-4-6-13(8)10(16)12-5-7-15-2/h8H,3-7H2,1-2H3,(H,11,14)(H,12,16). The highest BCUT2D eigenvalue weighted by Crippen LogP contribution is 2.08. The summed E-state index contributed by atoms with van der Waals surface area (Å²) in [6.07, 6.45) is 0.762. The highest BCUT2D eigenvalue weighted by molar-refractivity contribution is 7.80. The number of rotatable bonds is 4. The van der Waals surface area contributed by atoms with Crippen LogP contribution in [0.1, 0.15) is 13.3 Å². The number of thiocarbonyl (C=S) groups is 1. The van der Waals surface area contributed by atoms with Crippen molar-refractivity contribution in [2.24, 2.45) is 0 Å². The zero-order valence-corrected chi connectivity index (χ0v) is 10.6. The summed E-state index contributed by atoms with van der Waals surface area (Å²) in [6.45, 7) is 4.69. The second kappa shape index (κ2) is 6.65. The molecule has 0 spiro atoms. The molecule has 1 atom stereocenters. The Hall–Kier alpha value is -0.880. The summed E-state index contributed by atoms with van der Waals surface area (Å²) >= 11 is 5.26. The Kier molecular flexibility index (Phi) is 5.48. The highest BCUT2D eigenvalue weighted by atomic mass is 32.1. The Bertz CT molecular complexity index is 260. The first kappa shape index (κ1) is 13.2. The summed E-state index contributed by atoms with van der Waals surface area (Å²) in [5.41, 5.74) is 0. The maximum Gasteiger partial charge on any atom is 0.242 e. The van der Waals surface area contributed by atoms with Gasteiger partial charge in [-0.05, 0) is 18.6 Å². The number of carbonyl (C=O) groups excluding carboxylic acids is 1. The molecule has 1 rings (SSSR count). The van der Waals surface area contributed by atoms with Crippen molar-refractivity contribution < 1.29 is 9.53 Å². The van der Waals surface area contributed by atoms with E-state index in [2.05, 4.69) is 10.6 Å². The van der Waals surface area contributed by atoms with Crippen LogP contribution in [-0.2, 0) is 9.53 Å². The molecule has 0 bridgehead atoms. The molecule has 1 unspecified atom stereocenters. The first-order valence-electron chi connectivity index (χ1n) is 5.51. The van der Waals surface area contributed by atoms with Crippen molar-refractivity contribution >= 4 is 23.2 Å². The number of ether oxygens (including phenoxy) is 1. The molecule has 5 nitrogen and oxygen atoms in total. The van der Waals surface area contributed by atoms with Crippen LogP contribution in [0.25, 0.3) is 0 Å². The van der Waals surface area contributed by atoms with Gasteiger partial charge in [0.1, 0.15) is 6.04 Å². The molecule has 0 aromatic carbocycles. The van der Waals surface area contributed by atoms with Crippen molar-refractivity contribution in [1.82, 2.24) is 15.5 Å². The van der Waals surface area contributed by atoms with Gasteiger partial charge in [-0.2, -0.15) is 0 Å². The first-order chi connectivity index (χ1) is 7.70. The van der Waals surface area contributed by atoms with Crippen LogP contribution < -0.4 is 10.6 Å². The van der Waals surface area contributed by atoms with Crippen LogP contribution in [0, 0.1) is 0 Å². The summed E-state index contributed by atoms with van der Waals surface area (Å²) in [7, 11) is 1.65. The van der Waals surface area contributed by atoms with E-state index < -0.39 is 0 Å². The third-order valence-corrected chi connectivity index (χ3v) is 2.94. The molecule has 0 radical (unpaired) electrons. The zero-order chi connectivity index (χ0) is 12.0. The predicted molar refractivity (Wildman–Crippen MR) is 66.3 cm³/mol.